The number of nitro benzene ring substituents is 1. The van der Waals surface area contributed by atoms with Crippen LogP contribution in [0.2, 0.25) is 0 Å². The molecule has 132 valence electrons. The number of benzene rings is 1. The molecule has 0 atom stereocenters. The van der Waals surface area contributed by atoms with E-state index in [0.717, 1.165) is 11.3 Å². The number of carbonyl (C=O) groups is 2. The predicted octanol–water partition coefficient (Wildman–Crippen LogP) is 1.62. The second-order valence-electron chi connectivity index (χ2n) is 4.84. The molecule has 10 nitrogen and oxygen atoms in total. The minimum Gasteiger partial charge on any atom is -0.398 e. The average molecular weight is 382 g/mol. The van der Waals surface area contributed by atoms with Gasteiger partial charge in [0.15, 0.2) is 3.95 Å². The van der Waals surface area contributed by atoms with Crippen molar-refractivity contribution in [3.8, 4) is 0 Å². The normalized spacial score (nSPS) is 10.3. The highest BCUT2D eigenvalue weighted by atomic mass is 32.1. The van der Waals surface area contributed by atoms with Crippen molar-refractivity contribution in [3.63, 3.8) is 0 Å². The maximum absolute atomic E-state index is 12.5. The summed E-state index contributed by atoms with van der Waals surface area (Å²) in [6, 6.07) is 2.63. The van der Waals surface area contributed by atoms with Crippen molar-refractivity contribution in [2.24, 2.45) is 0 Å². The van der Waals surface area contributed by atoms with Crippen LogP contribution in [-0.4, -0.2) is 34.0 Å². The van der Waals surface area contributed by atoms with Crippen molar-refractivity contribution in [1.29, 1.82) is 0 Å². The number of hydrogen-bond donors (Lipinski definition) is 4. The van der Waals surface area contributed by atoms with E-state index in [0.29, 0.717) is 9.52 Å². The van der Waals surface area contributed by atoms with Crippen molar-refractivity contribution in [2.75, 3.05) is 18.1 Å². The number of nitrogens with two attached hydrogens (primary N) is 1. The molecule has 2 aromatic rings. The molecule has 0 unspecified atom stereocenters. The van der Waals surface area contributed by atoms with Gasteiger partial charge in [0.2, 0.25) is 11.0 Å². The second-order valence-corrected chi connectivity index (χ2v) is 6.50. The van der Waals surface area contributed by atoms with E-state index in [4.69, 9.17) is 18.0 Å². The van der Waals surface area contributed by atoms with Crippen LogP contribution in [0.25, 0.3) is 0 Å². The Hall–Kier alpha value is -2.86. The number of nitrogen functional groups attached to an aromatic ring is 1. The van der Waals surface area contributed by atoms with E-state index in [1.807, 2.05) is 0 Å². The van der Waals surface area contributed by atoms with Gasteiger partial charge in [-0.25, -0.2) is 0 Å². The molecule has 0 aliphatic heterocycles. The highest BCUT2D eigenvalue weighted by Crippen LogP contribution is 2.29. The zero-order chi connectivity index (χ0) is 18.6. The molecule has 25 heavy (non-hydrogen) atoms. The Balaban J connectivity index is 2.38. The van der Waals surface area contributed by atoms with Crippen LogP contribution in [0.1, 0.15) is 22.3 Å². The molecule has 0 aliphatic rings. The molecule has 0 bridgehead atoms. The summed E-state index contributed by atoms with van der Waals surface area (Å²) < 4.78 is 0.345. The van der Waals surface area contributed by atoms with Gasteiger partial charge in [0, 0.05) is 19.5 Å². The molecule has 0 spiro atoms. The first kappa shape index (κ1) is 18.5. The summed E-state index contributed by atoms with van der Waals surface area (Å²) in [7, 11) is 1.50. The second kappa shape index (κ2) is 7.81. The zero-order valence-corrected chi connectivity index (χ0v) is 14.6. The van der Waals surface area contributed by atoms with Gasteiger partial charge >= 0.3 is 0 Å². The Kier molecular flexibility index (Phi) is 5.77. The number of rotatable bonds is 6. The molecular weight excluding hydrogens is 368 g/mol. The van der Waals surface area contributed by atoms with Crippen LogP contribution in [0.4, 0.5) is 16.5 Å². The molecule has 2 amide bonds. The largest absolute Gasteiger partial charge is 0.398 e. The molecule has 5 N–H and O–H groups in total. The molecule has 1 heterocycles. The predicted molar refractivity (Wildman–Crippen MR) is 95.1 cm³/mol. The molecule has 0 saturated carbocycles. The first-order valence-electron chi connectivity index (χ1n) is 6.96. The van der Waals surface area contributed by atoms with Gasteiger partial charge in [-0.2, -0.15) is 0 Å². The minimum absolute atomic E-state index is 0.0465. The highest BCUT2D eigenvalue weighted by molar-refractivity contribution is 7.73. The summed E-state index contributed by atoms with van der Waals surface area (Å²) in [6.45, 7) is 0. The van der Waals surface area contributed by atoms with Gasteiger partial charge in [0.05, 0.1) is 10.6 Å². The molecule has 0 radical (unpaired) electrons. The van der Waals surface area contributed by atoms with Crippen LogP contribution in [0.5, 0.6) is 0 Å². The summed E-state index contributed by atoms with van der Waals surface area (Å²) in [5.74, 6) is -0.983. The van der Waals surface area contributed by atoms with Crippen LogP contribution in [-0.2, 0) is 11.2 Å². The molecule has 12 heteroatoms. The Morgan fingerprint density at radius 3 is 2.76 bits per heavy atom. The van der Waals surface area contributed by atoms with Gasteiger partial charge in [-0.3, -0.25) is 30.1 Å². The summed E-state index contributed by atoms with van der Waals surface area (Å²) in [5.41, 5.74) is 5.68. The fraction of sp³-hybridized carbons (Fsp3) is 0.231. The third-order valence-electron chi connectivity index (χ3n) is 3.30. The first-order valence-corrected chi connectivity index (χ1v) is 8.19. The Morgan fingerprint density at radius 2 is 2.20 bits per heavy atom. The van der Waals surface area contributed by atoms with Gasteiger partial charge < -0.3 is 11.1 Å². The van der Waals surface area contributed by atoms with E-state index >= 15 is 0 Å². The van der Waals surface area contributed by atoms with Crippen LogP contribution in [0.15, 0.2) is 12.1 Å². The fourth-order valence-corrected chi connectivity index (χ4v) is 2.86. The molecule has 0 saturated heterocycles. The van der Waals surface area contributed by atoms with Crippen LogP contribution < -0.4 is 16.4 Å². The van der Waals surface area contributed by atoms with Crippen molar-refractivity contribution in [1.82, 2.24) is 15.5 Å². The Bertz CT molecular complexity index is 891. The number of carbonyl (C=O) groups excluding carboxylic acids is 2. The van der Waals surface area contributed by atoms with E-state index in [1.165, 1.54) is 19.2 Å². The third kappa shape index (κ3) is 4.36. The number of aromatic amines is 1. The lowest BCUT2D eigenvalue weighted by atomic mass is 10.0. The number of nitrogens with one attached hydrogen (secondary N) is 3. The van der Waals surface area contributed by atoms with Gasteiger partial charge in [0.1, 0.15) is 5.56 Å². The van der Waals surface area contributed by atoms with E-state index in [1.54, 1.807) is 0 Å². The number of aromatic nitrogens is 2. The first-order chi connectivity index (χ1) is 11.8. The Morgan fingerprint density at radius 1 is 1.48 bits per heavy atom. The van der Waals surface area contributed by atoms with E-state index < -0.39 is 16.5 Å². The standard InChI is InChI=1S/C13H14N6O4S2/c1-15-8(20)5-3-6-2-4-7(19(22)23)9(10(6)14)11(21)16-12-17-18-13(24)25-12/h2,4H,3,5,14H2,1H3,(H,15,20)(H,18,24)(H,16,17,21). The zero-order valence-electron chi connectivity index (χ0n) is 13.0. The molecule has 0 aliphatic carbocycles. The number of nitro groups is 1. The number of aryl methyl sites for hydroxylation is 1. The van der Waals surface area contributed by atoms with Gasteiger partial charge in [-0.05, 0) is 24.2 Å². The highest BCUT2D eigenvalue weighted by Gasteiger charge is 2.26. The topological polar surface area (TPSA) is 156 Å². The van der Waals surface area contributed by atoms with Crippen molar-refractivity contribution >= 4 is 51.9 Å². The van der Waals surface area contributed by atoms with Crippen molar-refractivity contribution < 1.29 is 14.5 Å². The maximum atomic E-state index is 12.5. The van der Waals surface area contributed by atoms with Crippen LogP contribution in [0.3, 0.4) is 0 Å². The van der Waals surface area contributed by atoms with Crippen molar-refractivity contribution in [2.45, 2.75) is 12.8 Å². The summed E-state index contributed by atoms with van der Waals surface area (Å²) >= 11 is 5.87. The average Bonchev–Trinajstić information content (AvgIpc) is 2.97. The fourth-order valence-electron chi connectivity index (χ4n) is 2.08. The van der Waals surface area contributed by atoms with Gasteiger partial charge in [0.25, 0.3) is 11.6 Å². The van der Waals surface area contributed by atoms with Crippen LogP contribution in [0, 0.1) is 14.1 Å². The summed E-state index contributed by atoms with van der Waals surface area (Å²) in [6.07, 6.45) is 0.380. The minimum atomic E-state index is -0.774. The monoisotopic (exact) mass is 382 g/mol. The van der Waals surface area contributed by atoms with E-state index in [2.05, 4.69) is 20.8 Å². The number of nitrogens with zero attached hydrogens (tertiary/aromatic N) is 2. The van der Waals surface area contributed by atoms with Gasteiger partial charge in [-0.15, -0.1) is 5.10 Å². The molecule has 0 fully saturated rings. The quantitative estimate of drug-likeness (QED) is 0.256. The number of hydrogen-bond acceptors (Lipinski definition) is 8. The number of anilines is 2. The summed E-state index contributed by atoms with van der Waals surface area (Å²) in [4.78, 5) is 34.4. The lowest BCUT2D eigenvalue weighted by molar-refractivity contribution is -0.385. The van der Waals surface area contributed by atoms with Crippen LogP contribution >= 0.6 is 23.6 Å². The number of H-pyrrole nitrogens is 1. The van der Waals surface area contributed by atoms with E-state index in [9.17, 15) is 19.7 Å². The van der Waals surface area contributed by atoms with Crippen molar-refractivity contribution in [3.05, 3.63) is 37.3 Å². The molecule has 1 aromatic carbocycles. The molecule has 2 rings (SSSR count). The lowest BCUT2D eigenvalue weighted by Crippen LogP contribution is -2.20. The van der Waals surface area contributed by atoms with Gasteiger partial charge in [-0.1, -0.05) is 17.4 Å². The molecule has 1 aromatic heterocycles. The third-order valence-corrected chi connectivity index (χ3v) is 4.30. The molecular formula is C13H14N6O4S2. The lowest BCUT2D eigenvalue weighted by Gasteiger charge is -2.11. The van der Waals surface area contributed by atoms with E-state index in [-0.39, 0.29) is 35.1 Å². The Labute approximate surface area is 150 Å². The summed E-state index contributed by atoms with van der Waals surface area (Å²) in [5, 5.41) is 22.5. The SMILES string of the molecule is CNC(=O)CCc1ccc([N+](=O)[O-])c(C(=O)Nc2n[nH]c(=S)s2)c1N. The number of amides is 2. The maximum Gasteiger partial charge on any atom is 0.284 e. The smallest absolute Gasteiger partial charge is 0.284 e.